The average molecular weight is 719 g/mol. The van der Waals surface area contributed by atoms with E-state index in [2.05, 4.69) is 24.3 Å². The second kappa shape index (κ2) is 13.7. The van der Waals surface area contributed by atoms with Gasteiger partial charge in [0.25, 0.3) is 0 Å². The molecule has 0 aliphatic carbocycles. The summed E-state index contributed by atoms with van der Waals surface area (Å²) in [5, 5.41) is 2.56. The molecule has 0 saturated heterocycles. The summed E-state index contributed by atoms with van der Waals surface area (Å²) < 4.78 is 8.56. The third kappa shape index (κ3) is 5.47. The van der Waals surface area contributed by atoms with E-state index in [1.807, 2.05) is 102 Å². The van der Waals surface area contributed by atoms with Crippen LogP contribution in [0, 0.1) is 0 Å². The van der Waals surface area contributed by atoms with Crippen LogP contribution in [0.15, 0.2) is 126 Å². The van der Waals surface area contributed by atoms with Crippen molar-refractivity contribution in [3.63, 3.8) is 0 Å². The van der Waals surface area contributed by atoms with Crippen LogP contribution in [0.1, 0.15) is 0 Å². The van der Waals surface area contributed by atoms with Crippen LogP contribution >= 0.6 is 0 Å². The molecule has 0 atom stereocenters. The molecule has 250 valence electrons. The normalized spacial score (nSPS) is 11.7. The molecule has 0 aliphatic heterocycles. The van der Waals surface area contributed by atoms with Gasteiger partial charge in [-0.1, -0.05) is 125 Å². The zero-order chi connectivity index (χ0) is 40.0. The lowest BCUT2D eigenvalue weighted by Gasteiger charge is -2.17. The van der Waals surface area contributed by atoms with Gasteiger partial charge in [0.2, 0.25) is 0 Å². The molecule has 5 nitrogen and oxygen atoms in total. The van der Waals surface area contributed by atoms with Gasteiger partial charge in [0, 0.05) is 38.5 Å². The van der Waals surface area contributed by atoms with Crippen LogP contribution in [0.25, 0.3) is 94.7 Å². The fraction of sp³-hybridized carbons (Fsp3) is 0. The number of para-hydroxylation sites is 1. The highest BCUT2D eigenvalue weighted by molar-refractivity contribution is 6.71. The van der Waals surface area contributed by atoms with Crippen LogP contribution in [0.4, 0.5) is 0 Å². The van der Waals surface area contributed by atoms with Crippen molar-refractivity contribution in [1.82, 2.24) is 19.5 Å². The third-order valence-electron chi connectivity index (χ3n) is 10.9. The van der Waals surface area contributed by atoms with E-state index in [1.165, 1.54) is 0 Å². The summed E-state index contributed by atoms with van der Waals surface area (Å²) in [4.78, 5) is 14.9. The number of hydrogen-bond donors (Lipinski definition) is 0. The van der Waals surface area contributed by atoms with Crippen molar-refractivity contribution < 1.29 is 4.42 Å². The Labute approximate surface area is 345 Å². The van der Waals surface area contributed by atoms with E-state index in [0.717, 1.165) is 38.6 Å². The first-order chi connectivity index (χ1) is 28.1. The summed E-state index contributed by atoms with van der Waals surface area (Å²) >= 11 is 0. The number of rotatable bonds is 5. The molecule has 0 saturated carbocycles. The quantitative estimate of drug-likeness (QED) is 0.256. The second-order valence-corrected chi connectivity index (χ2v) is 14.2. The van der Waals surface area contributed by atoms with E-state index < -0.39 is 0 Å². The average Bonchev–Trinajstić information content (AvgIpc) is 3.83. The maximum Gasteiger partial charge on any atom is 0.164 e. The molecule has 58 heavy (non-hydrogen) atoms. The standard InChI is InChI=1S/C45H20B8N4O/c46-32-30-31-33(47)35(49)37(51)39(53)41(31)57(40(30)38(52)36(50)34(32)48)28-13-7-12-27-26-19-18-25(20-29(26)58-42(27)28)45-55-43(23-10-5-2-6-11-23)54-44(56-45)24-16-14-22(15-17-24)21-8-3-1-4-9-21/h1-20H. The Bertz CT molecular complexity index is 3240. The van der Waals surface area contributed by atoms with Crippen LogP contribution in [0.3, 0.4) is 0 Å². The fourth-order valence-electron chi connectivity index (χ4n) is 7.84. The van der Waals surface area contributed by atoms with Crippen molar-refractivity contribution in [2.75, 3.05) is 0 Å². The van der Waals surface area contributed by atoms with Gasteiger partial charge in [-0.3, -0.25) is 0 Å². The molecule has 0 spiro atoms. The molecule has 3 aromatic heterocycles. The van der Waals surface area contributed by atoms with Crippen LogP contribution in [0.5, 0.6) is 0 Å². The minimum Gasteiger partial charge on any atom is -0.454 e. The van der Waals surface area contributed by atoms with E-state index in [0.29, 0.717) is 56.1 Å². The summed E-state index contributed by atoms with van der Waals surface area (Å²) in [7, 11) is 52.3. The molecule has 0 unspecified atom stereocenters. The van der Waals surface area contributed by atoms with Crippen molar-refractivity contribution in [1.29, 1.82) is 0 Å². The van der Waals surface area contributed by atoms with Gasteiger partial charge in [0.05, 0.1) is 5.69 Å². The van der Waals surface area contributed by atoms with Crippen LogP contribution in [-0.4, -0.2) is 82.3 Å². The molecule has 7 aromatic carbocycles. The predicted molar refractivity (Wildman–Crippen MR) is 246 cm³/mol. The van der Waals surface area contributed by atoms with Crippen molar-refractivity contribution in [2.45, 2.75) is 0 Å². The Hall–Kier alpha value is -6.33. The Morgan fingerprint density at radius 1 is 0.379 bits per heavy atom. The second-order valence-electron chi connectivity index (χ2n) is 14.2. The number of furan rings is 1. The summed E-state index contributed by atoms with van der Waals surface area (Å²) in [5.41, 5.74) is 8.40. The van der Waals surface area contributed by atoms with Crippen molar-refractivity contribution in [3.05, 3.63) is 121 Å². The summed E-state index contributed by atoms with van der Waals surface area (Å²) in [6.07, 6.45) is 0. The summed E-state index contributed by atoms with van der Waals surface area (Å²) in [6, 6.07) is 39.9. The Balaban J connectivity index is 1.18. The van der Waals surface area contributed by atoms with Gasteiger partial charge < -0.3 is 8.98 Å². The zero-order valence-electron chi connectivity index (χ0n) is 30.9. The van der Waals surface area contributed by atoms with E-state index in [-0.39, 0.29) is 43.7 Å². The minimum atomic E-state index is 0.118. The zero-order valence-corrected chi connectivity index (χ0v) is 30.9. The predicted octanol–water partition coefficient (Wildman–Crippen LogP) is 1.89. The van der Waals surface area contributed by atoms with Gasteiger partial charge in [-0.25, -0.2) is 15.0 Å². The number of nitrogens with zero attached hydrogens (tertiary/aromatic N) is 4. The van der Waals surface area contributed by atoms with E-state index in [9.17, 15) is 0 Å². The van der Waals surface area contributed by atoms with E-state index in [4.69, 9.17) is 82.1 Å². The molecule has 0 N–H and O–H groups in total. The molecular formula is C45H20B8N4O. The lowest BCUT2D eigenvalue weighted by molar-refractivity contribution is 0.666. The molecule has 10 rings (SSSR count). The van der Waals surface area contributed by atoms with Gasteiger partial charge in [0.15, 0.2) is 23.1 Å². The lowest BCUT2D eigenvalue weighted by Crippen LogP contribution is -2.49. The van der Waals surface area contributed by atoms with Crippen LogP contribution in [-0.2, 0) is 0 Å². The largest absolute Gasteiger partial charge is 0.454 e. The molecular weight excluding hydrogens is 699 g/mol. The molecule has 13 heteroatoms. The van der Waals surface area contributed by atoms with E-state index in [1.54, 1.807) is 0 Å². The third-order valence-corrected chi connectivity index (χ3v) is 10.9. The smallest absolute Gasteiger partial charge is 0.164 e. The molecule has 10 aromatic rings. The van der Waals surface area contributed by atoms with Crippen molar-refractivity contribution >= 4 is 150 Å². The van der Waals surface area contributed by atoms with Crippen LogP contribution in [0.2, 0.25) is 0 Å². The number of aromatic nitrogens is 4. The molecule has 0 amide bonds. The van der Waals surface area contributed by atoms with E-state index >= 15 is 0 Å². The first-order valence-corrected chi connectivity index (χ1v) is 18.4. The SMILES string of the molecule is [B]c1c([B])c([B])c2c(c1[B])c1c([B])c([B])c([B])c([B])c1n2-c1cccc2c1oc1cc(-c3nc(-c4ccccc4)nc(-c4ccc(-c5ccccc5)cc4)n3)ccc12. The Kier molecular flexibility index (Phi) is 8.49. The molecule has 0 fully saturated rings. The molecule has 3 heterocycles. The van der Waals surface area contributed by atoms with Crippen molar-refractivity contribution in [3.8, 4) is 51.0 Å². The van der Waals surface area contributed by atoms with Gasteiger partial charge in [-0.15, -0.1) is 21.9 Å². The Morgan fingerprint density at radius 3 is 1.40 bits per heavy atom. The Morgan fingerprint density at radius 2 is 0.828 bits per heavy atom. The minimum absolute atomic E-state index is 0.118. The highest BCUT2D eigenvalue weighted by Gasteiger charge is 2.25. The first kappa shape index (κ1) is 36.0. The van der Waals surface area contributed by atoms with Crippen LogP contribution < -0.4 is 43.7 Å². The molecule has 0 bridgehead atoms. The van der Waals surface area contributed by atoms with Gasteiger partial charge >= 0.3 is 0 Å². The maximum atomic E-state index is 6.75. The highest BCUT2D eigenvalue weighted by atomic mass is 16.3. The van der Waals surface area contributed by atoms with Gasteiger partial charge in [-0.2, -0.15) is 0 Å². The summed E-state index contributed by atoms with van der Waals surface area (Å²) in [6.45, 7) is 0. The van der Waals surface area contributed by atoms with Gasteiger partial charge in [0.1, 0.15) is 68.4 Å². The maximum absolute atomic E-state index is 6.75. The monoisotopic (exact) mass is 720 g/mol. The lowest BCUT2D eigenvalue weighted by atomic mass is 9.63. The fourth-order valence-corrected chi connectivity index (χ4v) is 7.84. The molecule has 16 radical (unpaired) electrons. The van der Waals surface area contributed by atoms with Crippen molar-refractivity contribution in [2.24, 2.45) is 0 Å². The number of benzene rings is 7. The number of fused-ring (bicyclic) bond motifs is 6. The topological polar surface area (TPSA) is 56.7 Å². The summed E-state index contributed by atoms with van der Waals surface area (Å²) in [5.74, 6) is 1.56. The number of hydrogen-bond acceptors (Lipinski definition) is 4. The highest BCUT2D eigenvalue weighted by Crippen LogP contribution is 2.38. The van der Waals surface area contributed by atoms with Gasteiger partial charge in [-0.05, 0) is 40.1 Å². The molecule has 0 aliphatic rings. The first-order valence-electron chi connectivity index (χ1n) is 18.4.